The van der Waals surface area contributed by atoms with E-state index in [1.54, 1.807) is 6.07 Å². The first kappa shape index (κ1) is 19.8. The summed E-state index contributed by atoms with van der Waals surface area (Å²) in [5, 5.41) is 14.2. The maximum Gasteiger partial charge on any atom is 0.194 e. The molecule has 1 heterocycles. The molecule has 0 aliphatic carbocycles. The molecule has 0 saturated carbocycles. The predicted molar refractivity (Wildman–Crippen MR) is 104 cm³/mol. The van der Waals surface area contributed by atoms with Crippen LogP contribution in [0.4, 0.5) is 0 Å². The van der Waals surface area contributed by atoms with Crippen LogP contribution in [0.2, 0.25) is 10.0 Å². The summed E-state index contributed by atoms with van der Waals surface area (Å²) >= 11 is 12.0. The summed E-state index contributed by atoms with van der Waals surface area (Å²) in [6.45, 7) is 5.00. The molecule has 0 radical (unpaired) electrons. The number of aliphatic hydroxyl groups excluding tert-OH is 1. The second-order valence-corrected chi connectivity index (χ2v) is 6.02. The molecule has 1 atom stereocenters. The van der Waals surface area contributed by atoms with Gasteiger partial charge in [-0.3, -0.25) is 4.99 Å². The molecule has 0 spiro atoms. The molecule has 0 unspecified atom stereocenters. The van der Waals surface area contributed by atoms with E-state index in [1.807, 2.05) is 19.1 Å². The maximum atomic E-state index is 9.63. The quantitative estimate of drug-likeness (QED) is 0.414. The van der Waals surface area contributed by atoms with Gasteiger partial charge in [0.25, 0.3) is 0 Å². The molecule has 1 aromatic rings. The SMILES string of the molecule is CCNC(=NCCc1cc(Cl)cc(Cl)c1)N1CC[C@@H](O)C1.I. The maximum absolute atomic E-state index is 9.63. The topological polar surface area (TPSA) is 47.9 Å². The molecule has 0 amide bonds. The van der Waals surface area contributed by atoms with Crippen molar-refractivity contribution < 1.29 is 5.11 Å². The number of likely N-dealkylation sites (tertiary alicyclic amines) is 1. The second-order valence-electron chi connectivity index (χ2n) is 5.15. The minimum Gasteiger partial charge on any atom is -0.391 e. The van der Waals surface area contributed by atoms with Gasteiger partial charge in [-0.1, -0.05) is 23.2 Å². The Balaban J connectivity index is 0.00000242. The van der Waals surface area contributed by atoms with Crippen LogP contribution >= 0.6 is 47.2 Å². The summed E-state index contributed by atoms with van der Waals surface area (Å²) in [5.41, 5.74) is 1.08. The number of β-amino-alcohol motifs (C(OH)–C–C–N with tert-alkyl or cyclic N) is 1. The number of benzene rings is 1. The van der Waals surface area contributed by atoms with Crippen LogP contribution in [0.15, 0.2) is 23.2 Å². The second kappa shape index (κ2) is 9.80. The van der Waals surface area contributed by atoms with Gasteiger partial charge in [0.2, 0.25) is 0 Å². The van der Waals surface area contributed by atoms with E-state index in [9.17, 15) is 5.11 Å². The lowest BCUT2D eigenvalue weighted by atomic mass is 10.1. The van der Waals surface area contributed by atoms with Crippen molar-refractivity contribution in [3.05, 3.63) is 33.8 Å². The Bertz CT molecular complexity index is 493. The highest BCUT2D eigenvalue weighted by Crippen LogP contribution is 2.19. The highest BCUT2D eigenvalue weighted by atomic mass is 127. The Morgan fingerprint density at radius 1 is 1.36 bits per heavy atom. The molecule has 22 heavy (non-hydrogen) atoms. The molecule has 2 N–H and O–H groups in total. The van der Waals surface area contributed by atoms with Crippen molar-refractivity contribution in [2.24, 2.45) is 4.99 Å². The normalized spacial score (nSPS) is 18.3. The zero-order chi connectivity index (χ0) is 15.2. The van der Waals surface area contributed by atoms with Gasteiger partial charge in [-0.2, -0.15) is 0 Å². The van der Waals surface area contributed by atoms with E-state index in [-0.39, 0.29) is 30.1 Å². The fourth-order valence-electron chi connectivity index (χ4n) is 2.41. The number of nitrogens with one attached hydrogen (secondary N) is 1. The van der Waals surface area contributed by atoms with E-state index in [2.05, 4.69) is 15.2 Å². The minimum absolute atomic E-state index is 0. The van der Waals surface area contributed by atoms with Crippen LogP contribution in [0, 0.1) is 0 Å². The first-order valence-electron chi connectivity index (χ1n) is 7.24. The molecule has 0 aromatic heterocycles. The fourth-order valence-corrected chi connectivity index (χ4v) is 2.98. The molecule has 1 aromatic carbocycles. The summed E-state index contributed by atoms with van der Waals surface area (Å²) in [4.78, 5) is 6.72. The zero-order valence-electron chi connectivity index (χ0n) is 12.6. The van der Waals surface area contributed by atoms with Crippen molar-refractivity contribution in [3.8, 4) is 0 Å². The first-order valence-corrected chi connectivity index (χ1v) is 8.00. The Morgan fingerprint density at radius 3 is 2.59 bits per heavy atom. The van der Waals surface area contributed by atoms with E-state index >= 15 is 0 Å². The van der Waals surface area contributed by atoms with Crippen molar-refractivity contribution in [2.45, 2.75) is 25.9 Å². The molecular formula is C15H22Cl2IN3O. The molecule has 7 heteroatoms. The number of guanidine groups is 1. The minimum atomic E-state index is -0.249. The van der Waals surface area contributed by atoms with Crippen LogP contribution in [-0.2, 0) is 6.42 Å². The lowest BCUT2D eigenvalue weighted by Crippen LogP contribution is -2.40. The van der Waals surface area contributed by atoms with Crippen molar-refractivity contribution in [1.29, 1.82) is 0 Å². The van der Waals surface area contributed by atoms with Crippen LogP contribution in [0.3, 0.4) is 0 Å². The van der Waals surface area contributed by atoms with Gasteiger partial charge in [-0.05, 0) is 43.5 Å². The molecule has 0 bridgehead atoms. The number of nitrogens with zero attached hydrogens (tertiary/aromatic N) is 2. The van der Waals surface area contributed by atoms with Gasteiger partial charge >= 0.3 is 0 Å². The molecule has 1 saturated heterocycles. The number of aliphatic hydroxyl groups is 1. The fraction of sp³-hybridized carbons (Fsp3) is 0.533. The largest absolute Gasteiger partial charge is 0.391 e. The molecule has 1 aliphatic heterocycles. The van der Waals surface area contributed by atoms with Crippen molar-refractivity contribution >= 4 is 53.1 Å². The Kier molecular flexibility index (Phi) is 8.82. The van der Waals surface area contributed by atoms with Crippen LogP contribution in [0.5, 0.6) is 0 Å². The van der Waals surface area contributed by atoms with Gasteiger partial charge in [0, 0.05) is 36.2 Å². The average Bonchev–Trinajstić information content (AvgIpc) is 2.83. The molecular weight excluding hydrogens is 436 g/mol. The number of hydrogen-bond donors (Lipinski definition) is 2. The van der Waals surface area contributed by atoms with E-state index in [1.165, 1.54) is 0 Å². The third-order valence-electron chi connectivity index (χ3n) is 3.38. The highest BCUT2D eigenvalue weighted by Gasteiger charge is 2.22. The van der Waals surface area contributed by atoms with E-state index in [4.69, 9.17) is 23.2 Å². The Morgan fingerprint density at radius 2 is 2.05 bits per heavy atom. The zero-order valence-corrected chi connectivity index (χ0v) is 16.4. The Labute approximate surface area is 158 Å². The van der Waals surface area contributed by atoms with E-state index in [0.717, 1.165) is 37.5 Å². The predicted octanol–water partition coefficient (Wildman–Crippen LogP) is 3.19. The standard InChI is InChI=1S/C15H21Cl2N3O.HI/c1-2-18-15(20-6-4-14(21)10-20)19-5-3-11-7-12(16)9-13(17)8-11;/h7-9,14,21H,2-6,10H2,1H3,(H,18,19);1H/t14-;/m1./s1. The third kappa shape index (κ3) is 6.10. The van der Waals surface area contributed by atoms with Gasteiger partial charge in [0.15, 0.2) is 5.96 Å². The summed E-state index contributed by atoms with van der Waals surface area (Å²) < 4.78 is 0. The average molecular weight is 458 g/mol. The first-order chi connectivity index (χ1) is 10.1. The van der Waals surface area contributed by atoms with Gasteiger partial charge in [0.05, 0.1) is 6.10 Å². The summed E-state index contributed by atoms with van der Waals surface area (Å²) in [6, 6.07) is 5.55. The van der Waals surface area contributed by atoms with E-state index < -0.39 is 0 Å². The van der Waals surface area contributed by atoms with Crippen molar-refractivity contribution in [3.63, 3.8) is 0 Å². The number of aliphatic imine (C=N–C) groups is 1. The summed E-state index contributed by atoms with van der Waals surface area (Å²) in [5.74, 6) is 0.863. The number of rotatable bonds is 4. The number of halogens is 3. The smallest absolute Gasteiger partial charge is 0.194 e. The van der Waals surface area contributed by atoms with Gasteiger partial charge in [-0.25, -0.2) is 0 Å². The lowest BCUT2D eigenvalue weighted by molar-refractivity contribution is 0.188. The lowest BCUT2D eigenvalue weighted by Gasteiger charge is -2.20. The summed E-state index contributed by atoms with van der Waals surface area (Å²) in [7, 11) is 0. The van der Waals surface area contributed by atoms with Gasteiger partial charge < -0.3 is 15.3 Å². The highest BCUT2D eigenvalue weighted by molar-refractivity contribution is 14.0. The van der Waals surface area contributed by atoms with Crippen LogP contribution in [0.1, 0.15) is 18.9 Å². The Hall–Kier alpha value is -0.240. The van der Waals surface area contributed by atoms with Crippen molar-refractivity contribution in [2.75, 3.05) is 26.2 Å². The van der Waals surface area contributed by atoms with Crippen LogP contribution < -0.4 is 5.32 Å². The third-order valence-corrected chi connectivity index (χ3v) is 3.82. The van der Waals surface area contributed by atoms with Crippen LogP contribution in [0.25, 0.3) is 0 Å². The summed E-state index contributed by atoms with van der Waals surface area (Å²) in [6.07, 6.45) is 1.33. The number of hydrogen-bond acceptors (Lipinski definition) is 2. The van der Waals surface area contributed by atoms with Crippen LogP contribution in [-0.4, -0.2) is 48.2 Å². The van der Waals surface area contributed by atoms with Gasteiger partial charge in [0.1, 0.15) is 0 Å². The van der Waals surface area contributed by atoms with Gasteiger partial charge in [-0.15, -0.1) is 24.0 Å². The molecule has 124 valence electrons. The molecule has 2 rings (SSSR count). The molecule has 4 nitrogen and oxygen atoms in total. The monoisotopic (exact) mass is 457 g/mol. The molecule has 1 fully saturated rings. The van der Waals surface area contributed by atoms with Crippen molar-refractivity contribution in [1.82, 2.24) is 10.2 Å². The molecule has 1 aliphatic rings. The van der Waals surface area contributed by atoms with E-state index in [0.29, 0.717) is 23.1 Å².